The smallest absolute Gasteiger partial charge is 0.319 e. The van der Waals surface area contributed by atoms with Gasteiger partial charge >= 0.3 is 6.03 Å². The highest BCUT2D eigenvalue weighted by Gasteiger charge is 2.40. The molecule has 1 unspecified atom stereocenters. The van der Waals surface area contributed by atoms with Crippen molar-refractivity contribution in [1.29, 1.82) is 0 Å². The van der Waals surface area contributed by atoms with E-state index in [4.69, 9.17) is 0 Å². The van der Waals surface area contributed by atoms with E-state index in [0.717, 1.165) is 29.7 Å². The van der Waals surface area contributed by atoms with E-state index in [1.165, 1.54) is 5.56 Å². The van der Waals surface area contributed by atoms with Gasteiger partial charge in [-0.25, -0.2) is 4.79 Å². The molecule has 116 valence electrons. The van der Waals surface area contributed by atoms with E-state index in [0.29, 0.717) is 6.42 Å². The Kier molecular flexibility index (Phi) is 3.55. The summed E-state index contributed by atoms with van der Waals surface area (Å²) in [4.78, 5) is 24.6. The molecule has 2 aliphatic rings. The molecular weight excluding hydrogens is 276 g/mol. The summed E-state index contributed by atoms with van der Waals surface area (Å²) in [5.74, 6) is 0.128. The molecule has 2 amide bonds. The van der Waals surface area contributed by atoms with E-state index in [1.54, 1.807) is 0 Å². The number of ketones is 1. The summed E-state index contributed by atoms with van der Waals surface area (Å²) in [7, 11) is 0. The Bertz CT molecular complexity index is 656. The van der Waals surface area contributed by atoms with Gasteiger partial charge in [0.1, 0.15) is 0 Å². The van der Waals surface area contributed by atoms with Crippen molar-refractivity contribution < 1.29 is 9.59 Å². The van der Waals surface area contributed by atoms with Crippen molar-refractivity contribution >= 4 is 11.8 Å². The number of aryl methyl sites for hydroxylation is 1. The van der Waals surface area contributed by atoms with Crippen molar-refractivity contribution in [3.63, 3.8) is 0 Å². The molecule has 0 aromatic heterocycles. The van der Waals surface area contributed by atoms with Gasteiger partial charge in [-0.15, -0.1) is 0 Å². The number of hydrogen-bond donors (Lipinski definition) is 2. The third-order valence-corrected chi connectivity index (χ3v) is 4.47. The maximum Gasteiger partial charge on any atom is 0.319 e. The molecule has 0 bridgehead atoms. The summed E-state index contributed by atoms with van der Waals surface area (Å²) in [6, 6.07) is 7.56. The van der Waals surface area contributed by atoms with Gasteiger partial charge < -0.3 is 10.6 Å². The zero-order valence-corrected chi connectivity index (χ0v) is 13.3. The van der Waals surface area contributed by atoms with Crippen LogP contribution in [-0.2, 0) is 11.2 Å². The molecule has 0 radical (unpaired) electrons. The van der Waals surface area contributed by atoms with Gasteiger partial charge in [-0.2, -0.15) is 0 Å². The van der Waals surface area contributed by atoms with E-state index in [2.05, 4.69) is 43.5 Å². The number of Topliss-reactive ketones (excluding diaryl/α,β-unsaturated/α-hetero) is 1. The Morgan fingerprint density at radius 3 is 2.45 bits per heavy atom. The molecule has 1 aromatic rings. The lowest BCUT2D eigenvalue weighted by Gasteiger charge is -2.38. The number of hydrogen-bond acceptors (Lipinski definition) is 2. The maximum absolute atomic E-state index is 12.6. The van der Waals surface area contributed by atoms with Crippen molar-refractivity contribution in [3.05, 3.63) is 46.7 Å². The van der Waals surface area contributed by atoms with Crippen LogP contribution >= 0.6 is 0 Å². The fraction of sp³-hybridized carbons (Fsp3) is 0.444. The molecule has 0 fully saturated rings. The first-order chi connectivity index (χ1) is 10.4. The van der Waals surface area contributed by atoms with Crippen LogP contribution in [0.3, 0.4) is 0 Å². The first-order valence-electron chi connectivity index (χ1n) is 7.82. The predicted molar refractivity (Wildman–Crippen MR) is 85.3 cm³/mol. The van der Waals surface area contributed by atoms with Crippen LogP contribution in [0.1, 0.15) is 50.8 Å². The van der Waals surface area contributed by atoms with Crippen LogP contribution in [0.4, 0.5) is 4.79 Å². The quantitative estimate of drug-likeness (QED) is 0.880. The summed E-state index contributed by atoms with van der Waals surface area (Å²) in [6.07, 6.45) is 2.22. The molecule has 1 aliphatic heterocycles. The van der Waals surface area contributed by atoms with Gasteiger partial charge in [0.25, 0.3) is 0 Å². The average Bonchev–Trinajstić information content (AvgIpc) is 2.44. The summed E-state index contributed by atoms with van der Waals surface area (Å²) in [5, 5.41) is 5.73. The first kappa shape index (κ1) is 14.8. The third kappa shape index (κ3) is 2.65. The van der Waals surface area contributed by atoms with Crippen LogP contribution in [0.15, 0.2) is 35.5 Å². The number of urea groups is 1. The summed E-state index contributed by atoms with van der Waals surface area (Å²) in [6.45, 7) is 6.23. The van der Waals surface area contributed by atoms with E-state index >= 15 is 0 Å². The van der Waals surface area contributed by atoms with E-state index in [9.17, 15) is 9.59 Å². The van der Waals surface area contributed by atoms with Gasteiger partial charge in [0.2, 0.25) is 0 Å². The Hall–Kier alpha value is -2.10. The van der Waals surface area contributed by atoms with Crippen LogP contribution in [0.25, 0.3) is 0 Å². The van der Waals surface area contributed by atoms with Crippen LogP contribution in [0, 0.1) is 5.41 Å². The molecule has 2 N–H and O–H groups in total. The topological polar surface area (TPSA) is 58.2 Å². The summed E-state index contributed by atoms with van der Waals surface area (Å²) < 4.78 is 0. The normalized spacial score (nSPS) is 23.7. The number of carbonyl (C=O) groups excluding carboxylic acids is 2. The molecule has 0 spiro atoms. The summed E-state index contributed by atoms with van der Waals surface area (Å²) >= 11 is 0. The van der Waals surface area contributed by atoms with Crippen LogP contribution < -0.4 is 10.6 Å². The van der Waals surface area contributed by atoms with Gasteiger partial charge in [0.15, 0.2) is 5.78 Å². The monoisotopic (exact) mass is 298 g/mol. The van der Waals surface area contributed by atoms with Crippen LogP contribution in [0.5, 0.6) is 0 Å². The molecule has 1 aromatic carbocycles. The van der Waals surface area contributed by atoms with E-state index in [-0.39, 0.29) is 23.3 Å². The molecule has 22 heavy (non-hydrogen) atoms. The number of carbonyl (C=O) groups is 2. The molecule has 4 nitrogen and oxygen atoms in total. The number of rotatable bonds is 2. The fourth-order valence-electron chi connectivity index (χ4n) is 3.35. The van der Waals surface area contributed by atoms with Gasteiger partial charge in [-0.1, -0.05) is 45.0 Å². The highest BCUT2D eigenvalue weighted by Crippen LogP contribution is 2.41. The van der Waals surface area contributed by atoms with Gasteiger partial charge in [-0.05, 0) is 29.4 Å². The zero-order chi connectivity index (χ0) is 15.9. The lowest BCUT2D eigenvalue weighted by atomic mass is 9.73. The van der Waals surface area contributed by atoms with Crippen LogP contribution in [0.2, 0.25) is 0 Å². The maximum atomic E-state index is 12.6. The Morgan fingerprint density at radius 1 is 1.14 bits per heavy atom. The first-order valence-corrected chi connectivity index (χ1v) is 7.82. The second kappa shape index (κ2) is 5.27. The van der Waals surface area contributed by atoms with Crippen molar-refractivity contribution in [3.8, 4) is 0 Å². The van der Waals surface area contributed by atoms with Crippen molar-refractivity contribution in [2.24, 2.45) is 5.41 Å². The predicted octanol–water partition coefficient (Wildman–Crippen LogP) is 3.25. The molecule has 1 aliphatic carbocycles. The SMILES string of the molecule is CCc1ccc(C2NC(=O)NC3=C2C(=O)CC(C)(C)C3)cc1. The zero-order valence-electron chi connectivity index (χ0n) is 13.3. The second-order valence-corrected chi connectivity index (χ2v) is 6.96. The van der Waals surface area contributed by atoms with Crippen molar-refractivity contribution in [2.75, 3.05) is 0 Å². The molecule has 1 atom stereocenters. The van der Waals surface area contributed by atoms with Crippen molar-refractivity contribution in [1.82, 2.24) is 10.6 Å². The highest BCUT2D eigenvalue weighted by molar-refractivity contribution is 6.01. The third-order valence-electron chi connectivity index (χ3n) is 4.47. The molecule has 0 saturated carbocycles. The molecule has 4 heteroatoms. The van der Waals surface area contributed by atoms with Gasteiger partial charge in [0, 0.05) is 17.7 Å². The molecular formula is C18H22N2O2. The Morgan fingerprint density at radius 2 is 1.82 bits per heavy atom. The molecule has 0 saturated heterocycles. The second-order valence-electron chi connectivity index (χ2n) is 6.96. The number of nitrogens with one attached hydrogen (secondary N) is 2. The average molecular weight is 298 g/mol. The number of benzene rings is 1. The fourth-order valence-corrected chi connectivity index (χ4v) is 3.35. The minimum Gasteiger partial charge on any atom is -0.327 e. The van der Waals surface area contributed by atoms with Crippen molar-refractivity contribution in [2.45, 2.75) is 46.1 Å². The number of amides is 2. The Labute approximate surface area is 131 Å². The minimum absolute atomic E-state index is 0.100. The Balaban J connectivity index is 2.02. The van der Waals surface area contributed by atoms with Gasteiger partial charge in [-0.3, -0.25) is 4.79 Å². The standard InChI is InChI=1S/C18H22N2O2/c1-4-11-5-7-12(8-6-11)16-15-13(19-17(22)20-16)9-18(2,3)10-14(15)21/h5-8,16H,4,9-10H2,1-3H3,(H2,19,20,22). The largest absolute Gasteiger partial charge is 0.327 e. The van der Waals surface area contributed by atoms with Crippen LogP contribution in [-0.4, -0.2) is 11.8 Å². The summed E-state index contributed by atoms with van der Waals surface area (Å²) in [5.41, 5.74) is 3.62. The lowest BCUT2D eigenvalue weighted by molar-refractivity contribution is -0.118. The lowest BCUT2D eigenvalue weighted by Crippen LogP contribution is -2.48. The van der Waals surface area contributed by atoms with Gasteiger partial charge in [0.05, 0.1) is 6.04 Å². The highest BCUT2D eigenvalue weighted by atomic mass is 16.2. The number of allylic oxidation sites excluding steroid dienone is 1. The van der Waals surface area contributed by atoms with E-state index in [1.807, 2.05) is 12.1 Å². The molecule has 3 rings (SSSR count). The minimum atomic E-state index is -0.335. The molecule has 1 heterocycles. The van der Waals surface area contributed by atoms with E-state index < -0.39 is 0 Å².